The van der Waals surface area contributed by atoms with Crippen molar-refractivity contribution < 1.29 is 37.5 Å². The van der Waals surface area contributed by atoms with Crippen molar-refractivity contribution in [1.82, 2.24) is 15.0 Å². The summed E-state index contributed by atoms with van der Waals surface area (Å²) < 4.78 is 41.0. The number of allylic oxidation sites excluding steroid dienone is 2. The Morgan fingerprint density at radius 2 is 1.60 bits per heavy atom. The first-order chi connectivity index (χ1) is 26.1. The van der Waals surface area contributed by atoms with Crippen molar-refractivity contribution in [3.8, 4) is 5.75 Å². The van der Waals surface area contributed by atoms with Gasteiger partial charge in [0.1, 0.15) is 11.4 Å². The average molecular weight is 791 g/mol. The normalized spacial score (nSPS) is 26.1. The van der Waals surface area contributed by atoms with Gasteiger partial charge in [-0.15, -0.1) is 0 Å². The van der Waals surface area contributed by atoms with Crippen LogP contribution in [0.5, 0.6) is 5.75 Å². The third-order valence-corrected chi connectivity index (χ3v) is 12.0. The second kappa shape index (κ2) is 13.1. The maximum Gasteiger partial charge on any atom is 0.433 e. The Morgan fingerprint density at radius 3 is 2.27 bits per heavy atom. The van der Waals surface area contributed by atoms with E-state index in [9.17, 15) is 32.7 Å². The summed E-state index contributed by atoms with van der Waals surface area (Å²) in [5.74, 6) is -7.88. The quantitative estimate of drug-likeness (QED) is 0.153. The lowest BCUT2D eigenvalue weighted by atomic mass is 9.49. The van der Waals surface area contributed by atoms with Crippen LogP contribution in [-0.2, 0) is 30.8 Å². The highest BCUT2D eigenvalue weighted by Gasteiger charge is 2.70. The number of rotatable bonds is 6. The number of nitrogens with one attached hydrogen (secondary N) is 1. The Kier molecular flexibility index (Phi) is 8.73. The van der Waals surface area contributed by atoms with Crippen molar-refractivity contribution in [3.05, 3.63) is 129 Å². The standard InChI is InChI=1S/C40H32Cl2F3N5O5/c1-20-8-10-22(11-9-20)47-49-36(53)28-19-27-24(33(25-13-12-23(51)18-30(25)42)39(28,38(49)55)21-6-4-3-5-7-21)14-15-26-32(27)37(54)50(35(26)52)48(2)34-29(41)16-17-31(46-34)40(43,44)45/h3-14,16-18,26-28,32-33,47,51H,15,19H2,1-2H3. The number of fused-ring (bicyclic) bond motifs is 4. The molecule has 4 aromatic rings. The van der Waals surface area contributed by atoms with E-state index in [0.717, 1.165) is 26.7 Å². The number of nitrogens with zero attached hydrogens (tertiary/aromatic N) is 4. The molecule has 2 aliphatic heterocycles. The van der Waals surface area contributed by atoms with E-state index < -0.39 is 76.3 Å². The molecule has 2 saturated heterocycles. The van der Waals surface area contributed by atoms with E-state index >= 15 is 4.79 Å². The van der Waals surface area contributed by atoms with E-state index in [0.29, 0.717) is 28.5 Å². The largest absolute Gasteiger partial charge is 0.508 e. The molecule has 282 valence electrons. The molecule has 6 atom stereocenters. The van der Waals surface area contributed by atoms with Gasteiger partial charge in [-0.05, 0) is 73.2 Å². The highest BCUT2D eigenvalue weighted by atomic mass is 35.5. The van der Waals surface area contributed by atoms with Crippen molar-refractivity contribution >= 4 is 58.3 Å². The van der Waals surface area contributed by atoms with Crippen molar-refractivity contribution in [2.75, 3.05) is 17.5 Å². The second-order valence-corrected chi connectivity index (χ2v) is 15.1. The first-order valence-corrected chi connectivity index (χ1v) is 18.2. The molecule has 0 radical (unpaired) electrons. The number of amides is 4. The van der Waals surface area contributed by atoms with Crippen LogP contribution in [0.1, 0.15) is 41.1 Å². The molecule has 8 rings (SSSR count). The summed E-state index contributed by atoms with van der Waals surface area (Å²) in [4.78, 5) is 62.4. The number of phenols is 1. The van der Waals surface area contributed by atoms with Gasteiger partial charge < -0.3 is 5.11 Å². The number of aromatic nitrogens is 1. The molecular formula is C40H32Cl2F3N5O5. The molecule has 15 heteroatoms. The van der Waals surface area contributed by atoms with Gasteiger partial charge in [0.05, 0.1) is 33.9 Å². The number of aryl methyl sites for hydroxylation is 1. The third kappa shape index (κ3) is 5.57. The predicted molar refractivity (Wildman–Crippen MR) is 196 cm³/mol. The van der Waals surface area contributed by atoms with E-state index in [2.05, 4.69) is 10.4 Å². The minimum atomic E-state index is -4.82. The van der Waals surface area contributed by atoms with Crippen molar-refractivity contribution in [1.29, 1.82) is 0 Å². The highest BCUT2D eigenvalue weighted by molar-refractivity contribution is 6.33. The zero-order valence-electron chi connectivity index (χ0n) is 29.2. The lowest BCUT2D eigenvalue weighted by molar-refractivity contribution is -0.142. The molecule has 3 aromatic carbocycles. The number of aromatic hydroxyl groups is 1. The van der Waals surface area contributed by atoms with Gasteiger partial charge in [0.15, 0.2) is 5.82 Å². The summed E-state index contributed by atoms with van der Waals surface area (Å²) in [6.45, 7) is 1.91. The van der Waals surface area contributed by atoms with Crippen LogP contribution in [0.25, 0.3) is 0 Å². The number of halogens is 5. The minimum Gasteiger partial charge on any atom is -0.508 e. The number of alkyl halides is 3. The number of carbonyl (C=O) groups is 4. The summed E-state index contributed by atoms with van der Waals surface area (Å²) in [5.41, 5.74) is 3.18. The van der Waals surface area contributed by atoms with E-state index in [1.807, 2.05) is 25.1 Å². The van der Waals surface area contributed by atoms with Crippen molar-refractivity contribution in [2.45, 2.75) is 37.3 Å². The zero-order valence-corrected chi connectivity index (χ0v) is 30.7. The average Bonchev–Trinajstić information content (AvgIpc) is 3.53. The molecule has 2 N–H and O–H groups in total. The molecular weight excluding hydrogens is 758 g/mol. The molecule has 0 bridgehead atoms. The summed E-state index contributed by atoms with van der Waals surface area (Å²) >= 11 is 13.2. The molecule has 0 spiro atoms. The molecule has 3 fully saturated rings. The summed E-state index contributed by atoms with van der Waals surface area (Å²) in [6.07, 6.45) is -2.98. The summed E-state index contributed by atoms with van der Waals surface area (Å²) in [5, 5.41) is 13.0. The number of phenolic OH excluding ortho intramolecular Hbond substituents is 1. The molecule has 10 nitrogen and oxygen atoms in total. The number of pyridine rings is 1. The molecule has 2 aliphatic carbocycles. The lowest BCUT2D eigenvalue weighted by Crippen LogP contribution is -2.53. The van der Waals surface area contributed by atoms with Gasteiger partial charge in [-0.2, -0.15) is 23.2 Å². The van der Waals surface area contributed by atoms with Crippen LogP contribution in [0.15, 0.2) is 96.6 Å². The summed E-state index contributed by atoms with van der Waals surface area (Å²) in [7, 11) is 1.24. The van der Waals surface area contributed by atoms with E-state index in [1.165, 1.54) is 19.2 Å². The first kappa shape index (κ1) is 36.6. The Bertz CT molecular complexity index is 2310. The van der Waals surface area contributed by atoms with Crippen LogP contribution < -0.4 is 10.4 Å². The second-order valence-electron chi connectivity index (χ2n) is 14.3. The van der Waals surface area contributed by atoms with Crippen LogP contribution in [0.3, 0.4) is 0 Å². The maximum absolute atomic E-state index is 15.2. The number of anilines is 2. The van der Waals surface area contributed by atoms with Gasteiger partial charge in [0.2, 0.25) is 0 Å². The maximum atomic E-state index is 15.2. The lowest BCUT2D eigenvalue weighted by Gasteiger charge is -2.50. The highest BCUT2D eigenvalue weighted by Crippen LogP contribution is 2.65. The molecule has 6 unspecified atom stereocenters. The molecule has 4 amide bonds. The Hall–Kier alpha value is -5.40. The number of imide groups is 2. The van der Waals surface area contributed by atoms with Crippen LogP contribution in [0.2, 0.25) is 10.0 Å². The van der Waals surface area contributed by atoms with Gasteiger partial charge in [-0.3, -0.25) is 29.6 Å². The Labute approximate surface area is 323 Å². The van der Waals surface area contributed by atoms with Crippen molar-refractivity contribution in [2.24, 2.45) is 23.7 Å². The van der Waals surface area contributed by atoms with Gasteiger partial charge in [0, 0.05) is 18.0 Å². The van der Waals surface area contributed by atoms with E-state index in [4.69, 9.17) is 23.2 Å². The number of hydrazine groups is 2. The number of benzene rings is 3. The van der Waals surface area contributed by atoms with Gasteiger partial charge in [0.25, 0.3) is 23.6 Å². The molecule has 3 heterocycles. The fraction of sp³-hybridized carbons (Fsp3) is 0.275. The van der Waals surface area contributed by atoms with Gasteiger partial charge in [-0.25, -0.2) is 4.98 Å². The SMILES string of the molecule is Cc1ccc(NN2C(=O)C3CC4C(=CCC5C(=O)N(N(C)c6nc(C(F)(F)F)ccc6Cl)C(=O)C54)C(c4ccc(O)cc4Cl)C3(c3ccccc3)C2=O)cc1. The monoisotopic (exact) mass is 789 g/mol. The number of carbonyl (C=O) groups excluding carboxylic acids is 4. The zero-order chi connectivity index (χ0) is 39.1. The van der Waals surface area contributed by atoms with Crippen LogP contribution in [-0.4, -0.2) is 50.8 Å². The van der Waals surface area contributed by atoms with Crippen LogP contribution >= 0.6 is 23.2 Å². The fourth-order valence-electron chi connectivity index (χ4n) is 9.03. The Balaban J connectivity index is 1.28. The smallest absolute Gasteiger partial charge is 0.433 e. The fourth-order valence-corrected chi connectivity index (χ4v) is 9.54. The van der Waals surface area contributed by atoms with Crippen LogP contribution in [0.4, 0.5) is 24.7 Å². The summed E-state index contributed by atoms with van der Waals surface area (Å²) in [6, 6.07) is 22.1. The predicted octanol–water partition coefficient (Wildman–Crippen LogP) is 7.46. The van der Waals surface area contributed by atoms with E-state index in [1.54, 1.807) is 48.5 Å². The molecule has 1 saturated carbocycles. The van der Waals surface area contributed by atoms with Gasteiger partial charge >= 0.3 is 6.18 Å². The number of hydrogen-bond donors (Lipinski definition) is 2. The minimum absolute atomic E-state index is 0.0239. The number of hydrogen-bond acceptors (Lipinski definition) is 8. The Morgan fingerprint density at radius 1 is 0.891 bits per heavy atom. The van der Waals surface area contributed by atoms with Crippen molar-refractivity contribution in [3.63, 3.8) is 0 Å². The topological polar surface area (TPSA) is 123 Å². The van der Waals surface area contributed by atoms with Crippen LogP contribution in [0, 0.1) is 30.6 Å². The van der Waals surface area contributed by atoms with E-state index in [-0.39, 0.29) is 28.6 Å². The molecule has 4 aliphatic rings. The molecule has 55 heavy (non-hydrogen) atoms. The first-order valence-electron chi connectivity index (χ1n) is 17.4. The van der Waals surface area contributed by atoms with Gasteiger partial charge in [-0.1, -0.05) is 88.9 Å². The molecule has 1 aromatic heterocycles. The third-order valence-electron chi connectivity index (χ3n) is 11.4.